The van der Waals surface area contributed by atoms with Crippen molar-refractivity contribution in [1.29, 1.82) is 0 Å². The number of nitrogens with one attached hydrogen (secondary N) is 3. The van der Waals surface area contributed by atoms with Crippen LogP contribution in [0.5, 0.6) is 0 Å². The number of carbonyl (C=O) groups is 2. The van der Waals surface area contributed by atoms with E-state index in [4.69, 9.17) is 11.6 Å². The molecule has 1 unspecified atom stereocenters. The number of amides is 2. The normalized spacial score (nSPS) is 17.6. The SMILES string of the molecule is O=C1CC(Nc2c[nH]c(=O)[nH]c2=O)C(=O)N1c1ccccc1Cl. The molecule has 1 aromatic carbocycles. The van der Waals surface area contributed by atoms with Crippen LogP contribution in [0.25, 0.3) is 0 Å². The summed E-state index contributed by atoms with van der Waals surface area (Å²) in [4.78, 5) is 52.5. The third kappa shape index (κ3) is 2.76. The Morgan fingerprint density at radius 1 is 1.17 bits per heavy atom. The zero-order chi connectivity index (χ0) is 16.6. The smallest absolute Gasteiger partial charge is 0.325 e. The molecule has 1 aromatic heterocycles. The highest BCUT2D eigenvalue weighted by Gasteiger charge is 2.40. The molecule has 0 bridgehead atoms. The first-order valence-electron chi connectivity index (χ1n) is 6.67. The highest BCUT2D eigenvalue weighted by Crippen LogP contribution is 2.30. The number of hydrogen-bond acceptors (Lipinski definition) is 5. The number of para-hydroxylation sites is 1. The molecule has 0 aliphatic carbocycles. The van der Waals surface area contributed by atoms with E-state index in [1.807, 2.05) is 4.98 Å². The second-order valence-electron chi connectivity index (χ2n) is 4.91. The Labute approximate surface area is 134 Å². The standard InChI is InChI=1S/C14H11ClN4O4/c15-7-3-1-2-4-10(7)19-11(20)5-8(13(19)22)17-9-6-16-14(23)18-12(9)21/h1-4,6,8,17H,5H2,(H2,16,18,21,23). The van der Waals surface area contributed by atoms with Crippen LogP contribution in [0.1, 0.15) is 6.42 Å². The number of carbonyl (C=O) groups excluding carboxylic acids is 2. The molecule has 1 aliphatic rings. The zero-order valence-electron chi connectivity index (χ0n) is 11.6. The highest BCUT2D eigenvalue weighted by molar-refractivity contribution is 6.36. The van der Waals surface area contributed by atoms with Gasteiger partial charge in [-0.05, 0) is 12.1 Å². The van der Waals surface area contributed by atoms with Gasteiger partial charge in [0.2, 0.25) is 5.91 Å². The summed E-state index contributed by atoms with van der Waals surface area (Å²) in [5.41, 5.74) is -1.04. The van der Waals surface area contributed by atoms with Crippen LogP contribution in [0.3, 0.4) is 0 Å². The Bertz CT molecular complexity index is 904. The predicted molar refractivity (Wildman–Crippen MR) is 83.7 cm³/mol. The number of imide groups is 1. The van der Waals surface area contributed by atoms with Crippen LogP contribution in [0.2, 0.25) is 5.02 Å². The summed E-state index contributed by atoms with van der Waals surface area (Å²) < 4.78 is 0. The summed E-state index contributed by atoms with van der Waals surface area (Å²) in [6, 6.07) is 5.57. The first-order valence-corrected chi connectivity index (χ1v) is 7.05. The molecule has 3 N–H and O–H groups in total. The van der Waals surface area contributed by atoms with Gasteiger partial charge in [0.05, 0.1) is 17.1 Å². The van der Waals surface area contributed by atoms with E-state index in [2.05, 4.69) is 10.3 Å². The lowest BCUT2D eigenvalue weighted by atomic mass is 10.2. The lowest BCUT2D eigenvalue weighted by molar-refractivity contribution is -0.121. The molecule has 23 heavy (non-hydrogen) atoms. The van der Waals surface area contributed by atoms with Crippen LogP contribution in [-0.2, 0) is 9.59 Å². The molecule has 0 radical (unpaired) electrons. The minimum absolute atomic E-state index is 0.00300. The highest BCUT2D eigenvalue weighted by atomic mass is 35.5. The van der Waals surface area contributed by atoms with E-state index in [-0.39, 0.29) is 17.1 Å². The van der Waals surface area contributed by atoms with Gasteiger partial charge in [0.25, 0.3) is 11.5 Å². The molecule has 2 aromatic rings. The zero-order valence-corrected chi connectivity index (χ0v) is 12.4. The lowest BCUT2D eigenvalue weighted by Crippen LogP contribution is -2.36. The van der Waals surface area contributed by atoms with Gasteiger partial charge in [0.1, 0.15) is 11.7 Å². The Morgan fingerprint density at radius 3 is 2.61 bits per heavy atom. The van der Waals surface area contributed by atoms with Crippen molar-refractivity contribution < 1.29 is 9.59 Å². The Hall–Kier alpha value is -2.87. The molecule has 2 heterocycles. The number of anilines is 2. The maximum absolute atomic E-state index is 12.5. The van der Waals surface area contributed by atoms with Gasteiger partial charge in [0.15, 0.2) is 0 Å². The van der Waals surface area contributed by atoms with Crippen molar-refractivity contribution in [2.75, 3.05) is 10.2 Å². The van der Waals surface area contributed by atoms with Gasteiger partial charge in [-0.25, -0.2) is 9.69 Å². The quantitative estimate of drug-likeness (QED) is 0.705. The molecule has 0 saturated carbocycles. The summed E-state index contributed by atoms with van der Waals surface area (Å²) in [6.45, 7) is 0. The van der Waals surface area contributed by atoms with Gasteiger partial charge >= 0.3 is 5.69 Å². The molecule has 0 spiro atoms. The van der Waals surface area contributed by atoms with Gasteiger partial charge in [0, 0.05) is 6.20 Å². The monoisotopic (exact) mass is 334 g/mol. The first-order chi connectivity index (χ1) is 11.0. The number of benzene rings is 1. The number of nitrogens with zero attached hydrogens (tertiary/aromatic N) is 1. The van der Waals surface area contributed by atoms with E-state index in [1.54, 1.807) is 24.3 Å². The van der Waals surface area contributed by atoms with Gasteiger partial charge in [-0.15, -0.1) is 0 Å². The average Bonchev–Trinajstić information content (AvgIpc) is 2.77. The van der Waals surface area contributed by atoms with Crippen molar-refractivity contribution in [3.05, 3.63) is 56.3 Å². The molecule has 8 nitrogen and oxygen atoms in total. The van der Waals surface area contributed by atoms with E-state index < -0.39 is 29.1 Å². The number of halogens is 1. The Morgan fingerprint density at radius 2 is 1.91 bits per heavy atom. The van der Waals surface area contributed by atoms with Gasteiger partial charge in [-0.2, -0.15) is 0 Å². The molecule has 9 heteroatoms. The number of H-pyrrole nitrogens is 2. The van der Waals surface area contributed by atoms with Crippen molar-refractivity contribution in [1.82, 2.24) is 9.97 Å². The second kappa shape index (κ2) is 5.73. The van der Waals surface area contributed by atoms with Crippen molar-refractivity contribution in [2.24, 2.45) is 0 Å². The van der Waals surface area contributed by atoms with Crippen molar-refractivity contribution in [2.45, 2.75) is 12.5 Å². The minimum atomic E-state index is -0.911. The average molecular weight is 335 g/mol. The number of aromatic amines is 2. The first kappa shape index (κ1) is 15.0. The van der Waals surface area contributed by atoms with Crippen LogP contribution in [0, 0.1) is 0 Å². The molecular weight excluding hydrogens is 324 g/mol. The van der Waals surface area contributed by atoms with Crippen LogP contribution in [0.4, 0.5) is 11.4 Å². The maximum Gasteiger partial charge on any atom is 0.325 e. The fourth-order valence-corrected chi connectivity index (χ4v) is 2.56. The summed E-state index contributed by atoms with van der Waals surface area (Å²) in [7, 11) is 0. The van der Waals surface area contributed by atoms with E-state index in [0.29, 0.717) is 5.69 Å². The number of rotatable bonds is 3. The van der Waals surface area contributed by atoms with Crippen LogP contribution < -0.4 is 21.5 Å². The van der Waals surface area contributed by atoms with E-state index in [9.17, 15) is 19.2 Å². The van der Waals surface area contributed by atoms with E-state index in [0.717, 1.165) is 11.1 Å². The van der Waals surface area contributed by atoms with Crippen LogP contribution in [0.15, 0.2) is 40.1 Å². The van der Waals surface area contributed by atoms with Gasteiger partial charge in [-0.3, -0.25) is 19.4 Å². The molecule has 118 valence electrons. The minimum Gasteiger partial charge on any atom is -0.368 e. The molecular formula is C14H11ClN4O4. The van der Waals surface area contributed by atoms with Crippen molar-refractivity contribution >= 4 is 34.8 Å². The predicted octanol–water partition coefficient (Wildman–Crippen LogP) is 0.461. The molecule has 1 atom stereocenters. The summed E-state index contributed by atoms with van der Waals surface area (Å²) >= 11 is 6.02. The second-order valence-corrected chi connectivity index (χ2v) is 5.31. The van der Waals surface area contributed by atoms with Crippen molar-refractivity contribution in [3.8, 4) is 0 Å². The fraction of sp³-hybridized carbons (Fsp3) is 0.143. The third-order valence-electron chi connectivity index (χ3n) is 3.39. The Kier molecular flexibility index (Phi) is 3.75. The number of aromatic nitrogens is 2. The lowest BCUT2D eigenvalue weighted by Gasteiger charge is -2.16. The van der Waals surface area contributed by atoms with Gasteiger partial charge in [-0.1, -0.05) is 23.7 Å². The van der Waals surface area contributed by atoms with E-state index in [1.165, 1.54) is 0 Å². The third-order valence-corrected chi connectivity index (χ3v) is 3.71. The molecule has 2 amide bonds. The Balaban J connectivity index is 1.88. The fourth-order valence-electron chi connectivity index (χ4n) is 2.34. The topological polar surface area (TPSA) is 115 Å². The van der Waals surface area contributed by atoms with Crippen LogP contribution in [-0.4, -0.2) is 27.8 Å². The molecule has 1 fully saturated rings. The van der Waals surface area contributed by atoms with Crippen molar-refractivity contribution in [3.63, 3.8) is 0 Å². The summed E-state index contributed by atoms with van der Waals surface area (Å²) in [5, 5.41) is 2.94. The molecule has 1 saturated heterocycles. The number of hydrogen-bond donors (Lipinski definition) is 3. The summed E-state index contributed by atoms with van der Waals surface area (Å²) in [5.74, 6) is -0.949. The van der Waals surface area contributed by atoms with Gasteiger partial charge < -0.3 is 10.3 Å². The summed E-state index contributed by atoms with van der Waals surface area (Å²) in [6.07, 6.45) is 1.03. The molecule has 1 aliphatic heterocycles. The van der Waals surface area contributed by atoms with E-state index >= 15 is 0 Å². The largest absolute Gasteiger partial charge is 0.368 e. The maximum atomic E-state index is 12.5. The van der Waals surface area contributed by atoms with Crippen LogP contribution >= 0.6 is 11.6 Å². The molecule has 3 rings (SSSR count).